The van der Waals surface area contributed by atoms with Gasteiger partial charge in [-0.05, 0) is 13.1 Å². The number of methoxy groups -OCH3 is 1. The summed E-state index contributed by atoms with van der Waals surface area (Å²) < 4.78 is 5.24. The predicted octanol–water partition coefficient (Wildman–Crippen LogP) is 1.41. The molecule has 6 heteroatoms. The van der Waals surface area contributed by atoms with E-state index in [2.05, 4.69) is 29.4 Å². The lowest BCUT2D eigenvalue weighted by atomic mass is 10.1. The van der Waals surface area contributed by atoms with Crippen LogP contribution >= 0.6 is 0 Å². The summed E-state index contributed by atoms with van der Waals surface area (Å²) in [7, 11) is 1.59. The van der Waals surface area contributed by atoms with Gasteiger partial charge in [0, 0.05) is 19.2 Å². The van der Waals surface area contributed by atoms with Crippen LogP contribution in [0.25, 0.3) is 0 Å². The molecule has 1 aromatic carbocycles. The fraction of sp³-hybridized carbons (Fsp3) is 0.571. The van der Waals surface area contributed by atoms with E-state index in [9.17, 15) is 0 Å². The maximum absolute atomic E-state index is 6.09. The van der Waals surface area contributed by atoms with Crippen LogP contribution in [-0.2, 0) is 0 Å². The third-order valence-electron chi connectivity index (χ3n) is 3.83. The third kappa shape index (κ3) is 2.70. The van der Waals surface area contributed by atoms with Crippen LogP contribution < -0.4 is 26.8 Å². The first-order valence-electron chi connectivity index (χ1n) is 7.09. The fourth-order valence-corrected chi connectivity index (χ4v) is 2.59. The van der Waals surface area contributed by atoms with Crippen molar-refractivity contribution in [3.05, 3.63) is 6.07 Å². The highest BCUT2D eigenvalue weighted by atomic mass is 16.5. The Labute approximate surface area is 120 Å². The molecule has 20 heavy (non-hydrogen) atoms. The number of hydrogen-bond acceptors (Lipinski definition) is 6. The average Bonchev–Trinajstić information content (AvgIpc) is 2.48. The molecule has 1 heterocycles. The Hall–Kier alpha value is -1.82. The molecule has 1 aromatic rings. The van der Waals surface area contributed by atoms with Crippen LogP contribution in [0.1, 0.15) is 13.8 Å². The van der Waals surface area contributed by atoms with Crippen molar-refractivity contribution in [2.45, 2.75) is 19.9 Å². The predicted molar refractivity (Wildman–Crippen MR) is 85.5 cm³/mol. The number of nitrogens with two attached hydrogens (primary N) is 2. The second-order valence-corrected chi connectivity index (χ2v) is 5.04. The van der Waals surface area contributed by atoms with Crippen molar-refractivity contribution in [2.24, 2.45) is 0 Å². The van der Waals surface area contributed by atoms with Gasteiger partial charge in [0.15, 0.2) is 0 Å². The van der Waals surface area contributed by atoms with E-state index in [0.717, 1.165) is 37.6 Å². The first-order valence-corrected chi connectivity index (χ1v) is 7.09. The minimum atomic E-state index is 0.317. The fourth-order valence-electron chi connectivity index (χ4n) is 2.59. The number of hydrogen-bond donors (Lipinski definition) is 4. The lowest BCUT2D eigenvalue weighted by Gasteiger charge is -2.33. The Morgan fingerprint density at radius 2 is 2.00 bits per heavy atom. The zero-order valence-corrected chi connectivity index (χ0v) is 12.5. The molecule has 0 aromatic heterocycles. The standard InChI is InChI=1S/C14H25N5O/c1-4-19(5-2)8-9-7-17-14-12(16)11(20-3)6-10(15)13(14)18-9/h6,9,17-18H,4-5,7-8,15-16H2,1-3H3. The SMILES string of the molecule is CCN(CC)CC1CNc2c(N)c(OC)cc(N)c2N1. The van der Waals surface area contributed by atoms with E-state index < -0.39 is 0 Å². The maximum Gasteiger partial charge on any atom is 0.146 e. The molecule has 2 rings (SSSR count). The van der Waals surface area contributed by atoms with Gasteiger partial charge in [-0.25, -0.2) is 0 Å². The number of nitrogen functional groups attached to an aromatic ring is 2. The van der Waals surface area contributed by atoms with Gasteiger partial charge in [0.1, 0.15) is 5.75 Å². The van der Waals surface area contributed by atoms with E-state index in [1.54, 1.807) is 13.2 Å². The molecular formula is C14H25N5O. The highest BCUT2D eigenvalue weighted by molar-refractivity contribution is 5.94. The van der Waals surface area contributed by atoms with Crippen LogP contribution in [0.15, 0.2) is 6.07 Å². The van der Waals surface area contributed by atoms with Gasteiger partial charge in [-0.15, -0.1) is 0 Å². The minimum Gasteiger partial charge on any atom is -0.494 e. The molecule has 112 valence electrons. The van der Waals surface area contributed by atoms with Gasteiger partial charge in [0.2, 0.25) is 0 Å². The molecule has 1 unspecified atom stereocenters. The summed E-state index contributed by atoms with van der Waals surface area (Å²) in [5.74, 6) is 0.609. The molecule has 6 nitrogen and oxygen atoms in total. The third-order valence-corrected chi connectivity index (χ3v) is 3.83. The molecule has 0 fully saturated rings. The second-order valence-electron chi connectivity index (χ2n) is 5.04. The van der Waals surface area contributed by atoms with E-state index in [1.807, 2.05) is 0 Å². The number of nitrogens with zero attached hydrogens (tertiary/aromatic N) is 1. The van der Waals surface area contributed by atoms with E-state index in [4.69, 9.17) is 16.2 Å². The summed E-state index contributed by atoms with van der Waals surface area (Å²) in [5.41, 5.74) is 15.2. The zero-order chi connectivity index (χ0) is 14.7. The van der Waals surface area contributed by atoms with Gasteiger partial charge < -0.3 is 31.7 Å². The molecule has 0 bridgehead atoms. The van der Waals surface area contributed by atoms with Crippen molar-refractivity contribution in [1.29, 1.82) is 0 Å². The van der Waals surface area contributed by atoms with Crippen molar-refractivity contribution in [1.82, 2.24) is 4.90 Å². The quantitative estimate of drug-likeness (QED) is 0.609. The van der Waals surface area contributed by atoms with Crippen LogP contribution in [0.5, 0.6) is 5.75 Å². The van der Waals surface area contributed by atoms with Crippen LogP contribution in [0.3, 0.4) is 0 Å². The van der Waals surface area contributed by atoms with Crippen molar-refractivity contribution >= 4 is 22.7 Å². The molecule has 0 saturated heterocycles. The van der Waals surface area contributed by atoms with Crippen molar-refractivity contribution in [3.63, 3.8) is 0 Å². The van der Waals surface area contributed by atoms with Gasteiger partial charge in [0.25, 0.3) is 0 Å². The highest BCUT2D eigenvalue weighted by Gasteiger charge is 2.24. The number of ether oxygens (including phenoxy) is 1. The molecule has 1 aliphatic heterocycles. The van der Waals surface area contributed by atoms with Gasteiger partial charge in [0.05, 0.1) is 35.9 Å². The molecule has 0 spiro atoms. The lowest BCUT2D eigenvalue weighted by molar-refractivity contribution is 0.292. The van der Waals surface area contributed by atoms with Gasteiger partial charge in [-0.2, -0.15) is 0 Å². The number of fused-ring (bicyclic) bond motifs is 1. The molecule has 0 amide bonds. The average molecular weight is 279 g/mol. The molecule has 0 radical (unpaired) electrons. The number of benzene rings is 1. The Bertz CT molecular complexity index is 473. The topological polar surface area (TPSA) is 88.6 Å². The Morgan fingerprint density at radius 3 is 2.60 bits per heavy atom. The second kappa shape index (κ2) is 6.09. The largest absolute Gasteiger partial charge is 0.494 e. The van der Waals surface area contributed by atoms with E-state index >= 15 is 0 Å². The molecule has 1 atom stereocenters. The van der Waals surface area contributed by atoms with Crippen LogP contribution in [-0.4, -0.2) is 44.2 Å². The van der Waals surface area contributed by atoms with Crippen molar-refractivity contribution in [2.75, 3.05) is 55.4 Å². The maximum atomic E-state index is 6.09. The van der Waals surface area contributed by atoms with Crippen molar-refractivity contribution < 1.29 is 4.74 Å². The highest BCUT2D eigenvalue weighted by Crippen LogP contribution is 2.42. The first-order chi connectivity index (χ1) is 9.60. The molecular weight excluding hydrogens is 254 g/mol. The van der Waals surface area contributed by atoms with Crippen molar-refractivity contribution in [3.8, 4) is 5.75 Å². The van der Waals surface area contributed by atoms with Gasteiger partial charge >= 0.3 is 0 Å². The van der Waals surface area contributed by atoms with Crippen LogP contribution in [0, 0.1) is 0 Å². The number of anilines is 4. The summed E-state index contributed by atoms with van der Waals surface area (Å²) >= 11 is 0. The number of likely N-dealkylation sites (N-methyl/N-ethyl adjacent to an activating group) is 1. The summed E-state index contributed by atoms with van der Waals surface area (Å²) in [6.07, 6.45) is 0. The number of rotatable bonds is 5. The molecule has 0 aliphatic carbocycles. The smallest absolute Gasteiger partial charge is 0.146 e. The van der Waals surface area contributed by atoms with Crippen LogP contribution in [0.4, 0.5) is 22.7 Å². The molecule has 6 N–H and O–H groups in total. The summed E-state index contributed by atoms with van der Waals surface area (Å²) in [6, 6.07) is 2.08. The summed E-state index contributed by atoms with van der Waals surface area (Å²) in [5, 5.41) is 6.87. The van der Waals surface area contributed by atoms with E-state index in [0.29, 0.717) is 23.2 Å². The summed E-state index contributed by atoms with van der Waals surface area (Å²) in [6.45, 7) is 8.23. The monoisotopic (exact) mass is 279 g/mol. The first kappa shape index (κ1) is 14.6. The van der Waals surface area contributed by atoms with Gasteiger partial charge in [-0.1, -0.05) is 13.8 Å². The Balaban J connectivity index is 2.20. The van der Waals surface area contributed by atoms with E-state index in [1.165, 1.54) is 0 Å². The van der Waals surface area contributed by atoms with Crippen LogP contribution in [0.2, 0.25) is 0 Å². The van der Waals surface area contributed by atoms with Gasteiger partial charge in [-0.3, -0.25) is 0 Å². The molecule has 0 saturated carbocycles. The lowest BCUT2D eigenvalue weighted by Crippen LogP contribution is -2.43. The summed E-state index contributed by atoms with van der Waals surface area (Å²) in [4.78, 5) is 2.38. The number of nitrogens with one attached hydrogen (secondary N) is 2. The minimum absolute atomic E-state index is 0.317. The molecule has 1 aliphatic rings. The zero-order valence-electron chi connectivity index (χ0n) is 12.5. The Kier molecular flexibility index (Phi) is 4.44. The normalized spacial score (nSPS) is 17.3. The van der Waals surface area contributed by atoms with E-state index in [-0.39, 0.29) is 0 Å². The Morgan fingerprint density at radius 1 is 1.30 bits per heavy atom.